The van der Waals surface area contributed by atoms with Gasteiger partial charge in [-0.05, 0) is 26.3 Å². The van der Waals surface area contributed by atoms with E-state index in [1.807, 2.05) is 18.2 Å². The largest absolute Gasteiger partial charge is 0.355 e. The van der Waals surface area contributed by atoms with Crippen molar-refractivity contribution in [3.05, 3.63) is 35.9 Å². The standard InChI is InChI=1S/C14H22N2O/c1-13(2)10-15-11-14(3,16-13)17-9-12-7-5-4-6-8-12/h4-8,15-16H,9-11H2,1-3H3. The summed E-state index contributed by atoms with van der Waals surface area (Å²) in [6.07, 6.45) is 0. The van der Waals surface area contributed by atoms with Gasteiger partial charge in [0.2, 0.25) is 0 Å². The summed E-state index contributed by atoms with van der Waals surface area (Å²) in [7, 11) is 0. The van der Waals surface area contributed by atoms with E-state index in [9.17, 15) is 0 Å². The van der Waals surface area contributed by atoms with Crippen LogP contribution in [0.2, 0.25) is 0 Å². The molecule has 3 heteroatoms. The van der Waals surface area contributed by atoms with Gasteiger partial charge >= 0.3 is 0 Å². The SMILES string of the molecule is CC1(C)CNCC(C)(OCc2ccccc2)N1. The molecule has 1 unspecified atom stereocenters. The highest BCUT2D eigenvalue weighted by Crippen LogP contribution is 2.18. The van der Waals surface area contributed by atoms with Crippen molar-refractivity contribution in [2.24, 2.45) is 0 Å². The summed E-state index contributed by atoms with van der Waals surface area (Å²) in [5.41, 5.74) is 0.986. The van der Waals surface area contributed by atoms with Crippen molar-refractivity contribution in [1.29, 1.82) is 0 Å². The maximum Gasteiger partial charge on any atom is 0.129 e. The zero-order valence-corrected chi connectivity index (χ0v) is 10.9. The molecule has 0 bridgehead atoms. The molecule has 0 aliphatic carbocycles. The van der Waals surface area contributed by atoms with Gasteiger partial charge in [-0.1, -0.05) is 30.3 Å². The first-order chi connectivity index (χ1) is 7.99. The normalized spacial score (nSPS) is 27.9. The Kier molecular flexibility index (Phi) is 3.52. The molecule has 1 aromatic rings. The van der Waals surface area contributed by atoms with Crippen molar-refractivity contribution < 1.29 is 4.74 Å². The number of rotatable bonds is 3. The molecule has 1 heterocycles. The fraction of sp³-hybridized carbons (Fsp3) is 0.571. The Balaban J connectivity index is 1.94. The molecule has 1 fully saturated rings. The van der Waals surface area contributed by atoms with Gasteiger partial charge in [0, 0.05) is 18.6 Å². The van der Waals surface area contributed by atoms with Crippen molar-refractivity contribution in [2.75, 3.05) is 13.1 Å². The van der Waals surface area contributed by atoms with Gasteiger partial charge in [-0.15, -0.1) is 0 Å². The molecule has 1 saturated heterocycles. The lowest BCUT2D eigenvalue weighted by molar-refractivity contribution is -0.0959. The molecule has 1 atom stereocenters. The van der Waals surface area contributed by atoms with Crippen molar-refractivity contribution in [3.8, 4) is 0 Å². The van der Waals surface area contributed by atoms with Crippen LogP contribution in [0.15, 0.2) is 30.3 Å². The summed E-state index contributed by atoms with van der Waals surface area (Å²) >= 11 is 0. The van der Waals surface area contributed by atoms with Gasteiger partial charge in [0.25, 0.3) is 0 Å². The third-order valence-electron chi connectivity index (χ3n) is 3.03. The zero-order valence-electron chi connectivity index (χ0n) is 10.9. The molecule has 2 N–H and O–H groups in total. The highest BCUT2D eigenvalue weighted by atomic mass is 16.5. The third-order valence-corrected chi connectivity index (χ3v) is 3.03. The van der Waals surface area contributed by atoms with Crippen LogP contribution in [0.4, 0.5) is 0 Å². The predicted octanol–water partition coefficient (Wildman–Crippen LogP) is 1.89. The van der Waals surface area contributed by atoms with Crippen molar-refractivity contribution in [3.63, 3.8) is 0 Å². The lowest BCUT2D eigenvalue weighted by Gasteiger charge is -2.44. The molecule has 0 saturated carbocycles. The van der Waals surface area contributed by atoms with Crippen LogP contribution in [0.25, 0.3) is 0 Å². The minimum absolute atomic E-state index is 0.0731. The predicted molar refractivity (Wildman–Crippen MR) is 69.7 cm³/mol. The monoisotopic (exact) mass is 234 g/mol. The van der Waals surface area contributed by atoms with E-state index in [4.69, 9.17) is 4.74 Å². The molecule has 0 aromatic heterocycles. The molecule has 3 nitrogen and oxygen atoms in total. The maximum absolute atomic E-state index is 6.02. The van der Waals surface area contributed by atoms with Crippen LogP contribution in [0.5, 0.6) is 0 Å². The van der Waals surface area contributed by atoms with E-state index in [-0.39, 0.29) is 11.3 Å². The van der Waals surface area contributed by atoms with Gasteiger partial charge in [0.15, 0.2) is 0 Å². The minimum Gasteiger partial charge on any atom is -0.355 e. The fourth-order valence-corrected chi connectivity index (χ4v) is 2.32. The number of piperazine rings is 1. The van der Waals surface area contributed by atoms with Crippen LogP contribution >= 0.6 is 0 Å². The van der Waals surface area contributed by atoms with E-state index < -0.39 is 0 Å². The smallest absolute Gasteiger partial charge is 0.129 e. The summed E-state index contributed by atoms with van der Waals surface area (Å²) in [6.45, 7) is 8.92. The highest BCUT2D eigenvalue weighted by Gasteiger charge is 2.36. The van der Waals surface area contributed by atoms with Gasteiger partial charge in [0.1, 0.15) is 5.72 Å². The van der Waals surface area contributed by atoms with Crippen molar-refractivity contribution in [1.82, 2.24) is 10.6 Å². The van der Waals surface area contributed by atoms with E-state index in [1.165, 1.54) is 5.56 Å². The average molecular weight is 234 g/mol. The van der Waals surface area contributed by atoms with Crippen LogP contribution in [0.1, 0.15) is 26.3 Å². The van der Waals surface area contributed by atoms with Gasteiger partial charge in [0.05, 0.1) is 6.61 Å². The van der Waals surface area contributed by atoms with E-state index >= 15 is 0 Å². The first-order valence-corrected chi connectivity index (χ1v) is 6.17. The average Bonchev–Trinajstić information content (AvgIpc) is 2.26. The van der Waals surface area contributed by atoms with Crippen LogP contribution in [0.3, 0.4) is 0 Å². The Morgan fingerprint density at radius 1 is 1.12 bits per heavy atom. The second kappa shape index (κ2) is 4.77. The molecular formula is C14H22N2O. The van der Waals surface area contributed by atoms with E-state index in [0.717, 1.165) is 13.1 Å². The van der Waals surface area contributed by atoms with Crippen molar-refractivity contribution >= 4 is 0 Å². The second-order valence-corrected chi connectivity index (χ2v) is 5.62. The van der Waals surface area contributed by atoms with E-state index in [1.54, 1.807) is 0 Å². The molecule has 0 spiro atoms. The Morgan fingerprint density at radius 3 is 2.47 bits per heavy atom. The Labute approximate surface area is 104 Å². The van der Waals surface area contributed by atoms with Gasteiger partial charge in [-0.2, -0.15) is 0 Å². The topological polar surface area (TPSA) is 33.3 Å². The van der Waals surface area contributed by atoms with Crippen LogP contribution in [-0.4, -0.2) is 24.4 Å². The van der Waals surface area contributed by atoms with Crippen molar-refractivity contribution in [2.45, 2.75) is 38.6 Å². The van der Waals surface area contributed by atoms with Crippen LogP contribution in [-0.2, 0) is 11.3 Å². The lowest BCUT2D eigenvalue weighted by atomic mass is 9.99. The fourth-order valence-electron chi connectivity index (χ4n) is 2.32. The van der Waals surface area contributed by atoms with Gasteiger partial charge in [-0.3, -0.25) is 5.32 Å². The summed E-state index contributed by atoms with van der Waals surface area (Å²) in [5.74, 6) is 0. The number of ether oxygens (including phenoxy) is 1. The highest BCUT2D eigenvalue weighted by molar-refractivity contribution is 5.13. The quantitative estimate of drug-likeness (QED) is 0.838. The van der Waals surface area contributed by atoms with Crippen LogP contribution < -0.4 is 10.6 Å². The molecular weight excluding hydrogens is 212 g/mol. The molecule has 2 rings (SSSR count). The molecule has 0 amide bonds. The van der Waals surface area contributed by atoms with Crippen LogP contribution in [0, 0.1) is 0 Å². The molecule has 1 aliphatic rings. The zero-order chi connectivity index (χ0) is 12.4. The maximum atomic E-state index is 6.02. The number of nitrogens with one attached hydrogen (secondary N) is 2. The second-order valence-electron chi connectivity index (χ2n) is 5.62. The number of hydrogen-bond donors (Lipinski definition) is 2. The minimum atomic E-state index is -0.294. The first kappa shape index (κ1) is 12.6. The van der Waals surface area contributed by atoms with Gasteiger partial charge < -0.3 is 10.1 Å². The molecule has 1 aliphatic heterocycles. The summed E-state index contributed by atoms with van der Waals surface area (Å²) in [4.78, 5) is 0. The molecule has 17 heavy (non-hydrogen) atoms. The lowest BCUT2D eigenvalue weighted by Crippen LogP contribution is -2.67. The first-order valence-electron chi connectivity index (χ1n) is 6.17. The Bertz CT molecular complexity index is 364. The van der Waals surface area contributed by atoms with E-state index in [2.05, 4.69) is 43.5 Å². The summed E-state index contributed by atoms with van der Waals surface area (Å²) < 4.78 is 6.02. The number of hydrogen-bond acceptors (Lipinski definition) is 3. The van der Waals surface area contributed by atoms with Gasteiger partial charge in [-0.25, -0.2) is 0 Å². The summed E-state index contributed by atoms with van der Waals surface area (Å²) in [6, 6.07) is 10.3. The number of benzene rings is 1. The Hall–Kier alpha value is -0.900. The Morgan fingerprint density at radius 2 is 1.82 bits per heavy atom. The van der Waals surface area contributed by atoms with E-state index in [0.29, 0.717) is 6.61 Å². The third kappa shape index (κ3) is 3.53. The molecule has 0 radical (unpaired) electrons. The summed E-state index contributed by atoms with van der Waals surface area (Å²) in [5, 5.41) is 6.97. The molecule has 1 aromatic carbocycles. The molecule has 94 valence electrons.